The van der Waals surface area contributed by atoms with Crippen molar-refractivity contribution >= 4 is 17.3 Å². The van der Waals surface area contributed by atoms with Crippen LogP contribution in [0.2, 0.25) is 0 Å². The van der Waals surface area contributed by atoms with Crippen molar-refractivity contribution in [3.63, 3.8) is 0 Å². The predicted octanol–water partition coefficient (Wildman–Crippen LogP) is 2.14. The summed E-state index contributed by atoms with van der Waals surface area (Å²) in [7, 11) is 1.69. The number of alkyl halides is 3. The van der Waals surface area contributed by atoms with Gasteiger partial charge in [0.2, 0.25) is 0 Å². The van der Waals surface area contributed by atoms with Crippen LogP contribution >= 0.6 is 0 Å². The van der Waals surface area contributed by atoms with Crippen LogP contribution in [-0.4, -0.2) is 34.1 Å². The maximum Gasteiger partial charge on any atom is 0.390 e. The molecular formula is C10H12F3N5. The van der Waals surface area contributed by atoms with Crippen LogP contribution in [0.4, 0.5) is 24.8 Å². The molecular weight excluding hydrogens is 247 g/mol. The number of anilines is 2. The Morgan fingerprint density at radius 2 is 2.17 bits per heavy atom. The van der Waals surface area contributed by atoms with E-state index in [0.29, 0.717) is 17.3 Å². The molecule has 0 saturated heterocycles. The average molecular weight is 259 g/mol. The van der Waals surface area contributed by atoms with Crippen LogP contribution in [0.1, 0.15) is 6.42 Å². The fourth-order valence-electron chi connectivity index (χ4n) is 1.49. The highest BCUT2D eigenvalue weighted by Gasteiger charge is 2.26. The zero-order valence-electron chi connectivity index (χ0n) is 9.62. The molecule has 18 heavy (non-hydrogen) atoms. The quantitative estimate of drug-likeness (QED) is 0.883. The lowest BCUT2D eigenvalue weighted by Gasteiger charge is -2.10. The van der Waals surface area contributed by atoms with E-state index in [0.717, 1.165) is 0 Å². The number of hydrogen-bond acceptors (Lipinski definition) is 4. The van der Waals surface area contributed by atoms with E-state index < -0.39 is 12.6 Å². The summed E-state index contributed by atoms with van der Waals surface area (Å²) < 4.78 is 37.9. The molecule has 0 aromatic carbocycles. The minimum atomic E-state index is -4.18. The molecule has 0 fully saturated rings. The molecule has 0 aliphatic heterocycles. The number of aromatic nitrogens is 3. The number of nitrogens with one attached hydrogen (secondary N) is 2. The van der Waals surface area contributed by atoms with Crippen molar-refractivity contribution in [1.29, 1.82) is 0 Å². The third-order valence-corrected chi connectivity index (χ3v) is 2.33. The van der Waals surface area contributed by atoms with E-state index >= 15 is 0 Å². The van der Waals surface area contributed by atoms with Gasteiger partial charge in [0.25, 0.3) is 0 Å². The lowest BCUT2D eigenvalue weighted by Crippen LogP contribution is -2.16. The van der Waals surface area contributed by atoms with E-state index in [1.807, 2.05) is 0 Å². The van der Waals surface area contributed by atoms with Gasteiger partial charge in [0.15, 0.2) is 11.5 Å². The fourth-order valence-corrected chi connectivity index (χ4v) is 1.49. The maximum atomic E-state index is 12.1. The second-order valence-corrected chi connectivity index (χ2v) is 3.67. The van der Waals surface area contributed by atoms with E-state index in [-0.39, 0.29) is 6.54 Å². The lowest BCUT2D eigenvalue weighted by molar-refractivity contribution is -0.131. The highest BCUT2D eigenvalue weighted by molar-refractivity contribution is 5.65. The van der Waals surface area contributed by atoms with Gasteiger partial charge < -0.3 is 15.0 Å². The maximum absolute atomic E-state index is 12.1. The Hall–Kier alpha value is -1.99. The Bertz CT molecular complexity index is 534. The molecule has 2 heterocycles. The van der Waals surface area contributed by atoms with E-state index in [1.54, 1.807) is 30.0 Å². The summed E-state index contributed by atoms with van der Waals surface area (Å²) in [5, 5.41) is 5.48. The zero-order chi connectivity index (χ0) is 13.2. The highest BCUT2D eigenvalue weighted by Crippen LogP contribution is 2.20. The van der Waals surface area contributed by atoms with Crippen molar-refractivity contribution in [3.05, 3.63) is 18.6 Å². The number of rotatable bonds is 4. The van der Waals surface area contributed by atoms with Crippen LogP contribution in [0.3, 0.4) is 0 Å². The van der Waals surface area contributed by atoms with Crippen molar-refractivity contribution in [2.45, 2.75) is 12.6 Å². The minimum absolute atomic E-state index is 0.230. The molecule has 0 aliphatic rings. The summed E-state index contributed by atoms with van der Waals surface area (Å²) in [4.78, 5) is 8.18. The van der Waals surface area contributed by atoms with Crippen molar-refractivity contribution in [2.24, 2.45) is 0 Å². The van der Waals surface area contributed by atoms with Gasteiger partial charge in [0.05, 0.1) is 12.6 Å². The summed E-state index contributed by atoms with van der Waals surface area (Å²) in [6.45, 7) is -0.230. The second-order valence-electron chi connectivity index (χ2n) is 3.67. The predicted molar refractivity (Wildman–Crippen MR) is 61.7 cm³/mol. The van der Waals surface area contributed by atoms with Crippen molar-refractivity contribution < 1.29 is 13.2 Å². The van der Waals surface area contributed by atoms with Gasteiger partial charge in [-0.2, -0.15) is 13.2 Å². The highest BCUT2D eigenvalue weighted by atomic mass is 19.4. The minimum Gasteiger partial charge on any atom is -0.372 e. The van der Waals surface area contributed by atoms with Gasteiger partial charge in [0, 0.05) is 26.0 Å². The molecule has 0 atom stereocenters. The van der Waals surface area contributed by atoms with Gasteiger partial charge in [-0.1, -0.05) is 0 Å². The summed E-state index contributed by atoms with van der Waals surface area (Å²) in [6, 6.07) is 0. The van der Waals surface area contributed by atoms with Crippen LogP contribution in [-0.2, 0) is 0 Å². The first-order valence-electron chi connectivity index (χ1n) is 5.32. The van der Waals surface area contributed by atoms with Crippen molar-refractivity contribution in [3.8, 4) is 0 Å². The van der Waals surface area contributed by atoms with Gasteiger partial charge >= 0.3 is 6.18 Å². The molecule has 0 saturated carbocycles. The standard InChI is InChI=1S/C10H12F3N5/c1-14-7-6-18-5-4-16-9(18)8(17-7)15-3-2-10(11,12)13/h4-6,14H,2-3H2,1H3,(H,15,17). The number of imidazole rings is 1. The normalized spacial score (nSPS) is 11.8. The smallest absolute Gasteiger partial charge is 0.372 e. The number of nitrogens with zero attached hydrogens (tertiary/aromatic N) is 3. The van der Waals surface area contributed by atoms with Crippen LogP contribution in [0, 0.1) is 0 Å². The van der Waals surface area contributed by atoms with E-state index in [1.165, 1.54) is 0 Å². The molecule has 0 radical (unpaired) electrons. The first-order chi connectivity index (χ1) is 8.49. The average Bonchev–Trinajstić information content (AvgIpc) is 2.75. The van der Waals surface area contributed by atoms with Gasteiger partial charge in [-0.15, -0.1) is 0 Å². The van der Waals surface area contributed by atoms with Crippen molar-refractivity contribution in [1.82, 2.24) is 14.4 Å². The Labute approximate surface area is 101 Å². The van der Waals surface area contributed by atoms with Crippen LogP contribution in [0.25, 0.3) is 5.65 Å². The molecule has 0 unspecified atom stereocenters. The molecule has 0 amide bonds. The Morgan fingerprint density at radius 1 is 1.39 bits per heavy atom. The molecule has 0 bridgehead atoms. The SMILES string of the molecule is CNc1cn2ccnc2c(NCCC(F)(F)F)n1. The number of fused-ring (bicyclic) bond motifs is 1. The molecule has 0 aliphatic carbocycles. The summed E-state index contributed by atoms with van der Waals surface area (Å²) in [5.41, 5.74) is 0.496. The van der Waals surface area contributed by atoms with Gasteiger partial charge in [-0.25, -0.2) is 9.97 Å². The van der Waals surface area contributed by atoms with E-state index in [2.05, 4.69) is 20.6 Å². The number of hydrogen-bond donors (Lipinski definition) is 2. The molecule has 2 aromatic rings. The molecule has 98 valence electrons. The topological polar surface area (TPSA) is 54.2 Å². The fraction of sp³-hybridized carbons (Fsp3) is 0.400. The third-order valence-electron chi connectivity index (χ3n) is 2.33. The molecule has 2 rings (SSSR count). The lowest BCUT2D eigenvalue weighted by atomic mass is 10.4. The van der Waals surface area contributed by atoms with E-state index in [4.69, 9.17) is 0 Å². The van der Waals surface area contributed by atoms with Crippen LogP contribution in [0.5, 0.6) is 0 Å². The monoisotopic (exact) mass is 259 g/mol. The molecule has 0 spiro atoms. The summed E-state index contributed by atoms with van der Waals surface area (Å²) in [5.74, 6) is 0.881. The molecule has 2 aromatic heterocycles. The summed E-state index contributed by atoms with van der Waals surface area (Å²) in [6.07, 6.45) is -0.125. The molecule has 5 nitrogen and oxygen atoms in total. The van der Waals surface area contributed by atoms with Gasteiger partial charge in [0.1, 0.15) is 5.82 Å². The third kappa shape index (κ3) is 2.82. The Kier molecular flexibility index (Phi) is 3.26. The van der Waals surface area contributed by atoms with Crippen molar-refractivity contribution in [2.75, 3.05) is 24.2 Å². The first kappa shape index (κ1) is 12.5. The van der Waals surface area contributed by atoms with Gasteiger partial charge in [-0.05, 0) is 0 Å². The Morgan fingerprint density at radius 3 is 2.83 bits per heavy atom. The van der Waals surface area contributed by atoms with E-state index in [9.17, 15) is 13.2 Å². The number of halogens is 3. The second kappa shape index (κ2) is 4.71. The van der Waals surface area contributed by atoms with Crippen LogP contribution < -0.4 is 10.6 Å². The molecule has 8 heteroatoms. The largest absolute Gasteiger partial charge is 0.390 e. The summed E-state index contributed by atoms with van der Waals surface area (Å²) >= 11 is 0. The Balaban J connectivity index is 2.18. The van der Waals surface area contributed by atoms with Gasteiger partial charge in [-0.3, -0.25) is 0 Å². The zero-order valence-corrected chi connectivity index (χ0v) is 9.62. The van der Waals surface area contributed by atoms with Crippen LogP contribution in [0.15, 0.2) is 18.6 Å². The first-order valence-corrected chi connectivity index (χ1v) is 5.32. The molecule has 2 N–H and O–H groups in total.